The number of ether oxygens (including phenoxy) is 2. The number of carbonyl (C=O) groups excluding carboxylic acids is 1. The zero-order chi connectivity index (χ0) is 19.8. The van der Waals surface area contributed by atoms with Crippen LogP contribution in [0.3, 0.4) is 0 Å². The summed E-state index contributed by atoms with van der Waals surface area (Å²) in [5, 5.41) is 3.08. The molecule has 1 N–H and O–H groups in total. The molecular weight excluding hydrogens is 368 g/mol. The summed E-state index contributed by atoms with van der Waals surface area (Å²) in [6.07, 6.45) is 1.87. The van der Waals surface area contributed by atoms with Crippen molar-refractivity contribution in [3.63, 3.8) is 0 Å². The van der Waals surface area contributed by atoms with Crippen molar-refractivity contribution in [1.29, 1.82) is 0 Å². The van der Waals surface area contributed by atoms with Crippen molar-refractivity contribution < 1.29 is 14.3 Å². The van der Waals surface area contributed by atoms with E-state index in [1.807, 2.05) is 43.4 Å². The Balaban J connectivity index is 1.25. The quantitative estimate of drug-likeness (QED) is 0.740. The number of carbonyl (C=O) groups is 1. The van der Waals surface area contributed by atoms with Crippen LogP contribution in [0.25, 0.3) is 11.0 Å². The van der Waals surface area contributed by atoms with Gasteiger partial charge < -0.3 is 24.3 Å². The number of hydrogen-bond acceptors (Lipinski definition) is 5. The minimum Gasteiger partial charge on any atom is -0.454 e. The molecule has 0 radical (unpaired) electrons. The lowest BCUT2D eigenvalue weighted by Crippen LogP contribution is -2.43. The number of aromatic nitrogens is 2. The van der Waals surface area contributed by atoms with Crippen molar-refractivity contribution in [2.24, 2.45) is 13.0 Å². The fourth-order valence-corrected chi connectivity index (χ4v) is 4.17. The largest absolute Gasteiger partial charge is 0.454 e. The van der Waals surface area contributed by atoms with E-state index in [4.69, 9.17) is 14.5 Å². The maximum Gasteiger partial charge on any atom is 0.231 e. The zero-order valence-electron chi connectivity index (χ0n) is 16.4. The monoisotopic (exact) mass is 392 g/mol. The Morgan fingerprint density at radius 1 is 1.21 bits per heavy atom. The topological polar surface area (TPSA) is 68.6 Å². The van der Waals surface area contributed by atoms with Gasteiger partial charge in [0.05, 0.1) is 17.0 Å². The highest BCUT2D eigenvalue weighted by Crippen LogP contribution is 2.32. The lowest BCUT2D eigenvalue weighted by atomic mass is 9.97. The van der Waals surface area contributed by atoms with E-state index in [1.165, 1.54) is 0 Å². The van der Waals surface area contributed by atoms with Gasteiger partial charge in [-0.05, 0) is 42.7 Å². The third kappa shape index (κ3) is 3.37. The maximum absolute atomic E-state index is 12.8. The Kier molecular flexibility index (Phi) is 4.50. The minimum atomic E-state index is -0.0439. The van der Waals surface area contributed by atoms with E-state index in [0.29, 0.717) is 13.1 Å². The number of imidazole rings is 1. The molecule has 0 saturated carbocycles. The van der Waals surface area contributed by atoms with Gasteiger partial charge in [-0.1, -0.05) is 18.2 Å². The molecule has 0 aliphatic carbocycles. The minimum absolute atomic E-state index is 0.0439. The van der Waals surface area contributed by atoms with Gasteiger partial charge in [0.25, 0.3) is 0 Å². The van der Waals surface area contributed by atoms with Crippen LogP contribution < -0.4 is 19.7 Å². The molecule has 3 aromatic rings. The van der Waals surface area contributed by atoms with Gasteiger partial charge in [-0.2, -0.15) is 0 Å². The third-order valence-electron chi connectivity index (χ3n) is 5.74. The van der Waals surface area contributed by atoms with Gasteiger partial charge >= 0.3 is 0 Å². The molecule has 1 saturated heterocycles. The van der Waals surface area contributed by atoms with Crippen molar-refractivity contribution in [2.75, 3.05) is 24.8 Å². The SMILES string of the molecule is Cn1c(N2CCC[C@H](C(=O)NCc3ccc4c(c3)OCO4)C2)nc2ccccc21. The number of para-hydroxylation sites is 2. The molecule has 0 bridgehead atoms. The Labute approximate surface area is 169 Å². The standard InChI is InChI=1S/C22H24N4O3/c1-25-18-7-3-2-6-17(18)24-22(25)26-10-4-5-16(13-26)21(27)23-12-15-8-9-19-20(11-15)29-14-28-19/h2-3,6-9,11,16H,4-5,10,12-14H2,1H3,(H,23,27)/t16-/m0/s1. The third-order valence-corrected chi connectivity index (χ3v) is 5.74. The summed E-state index contributed by atoms with van der Waals surface area (Å²) in [4.78, 5) is 19.8. The summed E-state index contributed by atoms with van der Waals surface area (Å²) in [5.41, 5.74) is 3.10. The van der Waals surface area contributed by atoms with Crippen molar-refractivity contribution in [3.05, 3.63) is 48.0 Å². The Morgan fingerprint density at radius 3 is 2.97 bits per heavy atom. The average molecular weight is 392 g/mol. The molecule has 7 heteroatoms. The summed E-state index contributed by atoms with van der Waals surface area (Å²) in [6.45, 7) is 2.34. The van der Waals surface area contributed by atoms with Crippen LogP contribution in [0.1, 0.15) is 18.4 Å². The fraction of sp³-hybridized carbons (Fsp3) is 0.364. The summed E-state index contributed by atoms with van der Waals surface area (Å²) in [6, 6.07) is 13.9. The van der Waals surface area contributed by atoms with Crippen LogP contribution in [0.15, 0.2) is 42.5 Å². The van der Waals surface area contributed by atoms with E-state index in [1.54, 1.807) is 0 Å². The van der Waals surface area contributed by atoms with E-state index >= 15 is 0 Å². The fourth-order valence-electron chi connectivity index (χ4n) is 4.17. The average Bonchev–Trinajstić information content (AvgIpc) is 3.36. The molecule has 1 amide bonds. The number of nitrogens with one attached hydrogen (secondary N) is 1. The first-order valence-electron chi connectivity index (χ1n) is 10.0. The smallest absolute Gasteiger partial charge is 0.231 e. The number of rotatable bonds is 4. The van der Waals surface area contributed by atoms with Gasteiger partial charge in [-0.15, -0.1) is 0 Å². The van der Waals surface area contributed by atoms with Crippen LogP contribution in [-0.2, 0) is 18.4 Å². The molecule has 0 spiro atoms. The Morgan fingerprint density at radius 2 is 2.07 bits per heavy atom. The lowest BCUT2D eigenvalue weighted by Gasteiger charge is -2.32. The molecule has 2 aromatic carbocycles. The van der Waals surface area contributed by atoms with Gasteiger partial charge in [-0.25, -0.2) is 4.98 Å². The maximum atomic E-state index is 12.8. The Bertz CT molecular complexity index is 1060. The molecule has 0 unspecified atom stereocenters. The number of piperidine rings is 1. The second kappa shape index (κ2) is 7.31. The van der Waals surface area contributed by atoms with Gasteiger partial charge in [0.15, 0.2) is 11.5 Å². The van der Waals surface area contributed by atoms with Crippen molar-refractivity contribution in [2.45, 2.75) is 19.4 Å². The summed E-state index contributed by atoms with van der Waals surface area (Å²) in [5.74, 6) is 2.47. The summed E-state index contributed by atoms with van der Waals surface area (Å²) < 4.78 is 12.9. The summed E-state index contributed by atoms with van der Waals surface area (Å²) in [7, 11) is 2.04. The van der Waals surface area contributed by atoms with E-state index in [2.05, 4.69) is 20.9 Å². The van der Waals surface area contributed by atoms with Crippen LogP contribution in [0.5, 0.6) is 11.5 Å². The highest BCUT2D eigenvalue weighted by Gasteiger charge is 2.28. The molecule has 1 atom stereocenters. The second-order valence-electron chi connectivity index (χ2n) is 7.65. The molecule has 29 heavy (non-hydrogen) atoms. The molecule has 1 aromatic heterocycles. The molecular formula is C22H24N4O3. The molecule has 5 rings (SSSR count). The number of fused-ring (bicyclic) bond motifs is 2. The number of hydrogen-bond donors (Lipinski definition) is 1. The number of anilines is 1. The summed E-state index contributed by atoms with van der Waals surface area (Å²) >= 11 is 0. The van der Waals surface area contributed by atoms with Gasteiger partial charge in [0.1, 0.15) is 0 Å². The van der Waals surface area contributed by atoms with E-state index in [0.717, 1.165) is 53.4 Å². The first kappa shape index (κ1) is 17.8. The molecule has 3 heterocycles. The van der Waals surface area contributed by atoms with E-state index in [9.17, 15) is 4.79 Å². The number of aryl methyl sites for hydroxylation is 1. The normalized spacial score (nSPS) is 18.2. The lowest BCUT2D eigenvalue weighted by molar-refractivity contribution is -0.125. The predicted octanol–water partition coefficient (Wildman–Crippen LogP) is 2.83. The number of nitrogens with zero attached hydrogens (tertiary/aromatic N) is 3. The molecule has 2 aliphatic rings. The van der Waals surface area contributed by atoms with E-state index < -0.39 is 0 Å². The first-order chi connectivity index (χ1) is 14.2. The number of amides is 1. The molecule has 1 fully saturated rings. The van der Waals surface area contributed by atoms with Crippen LogP contribution >= 0.6 is 0 Å². The number of benzene rings is 2. The first-order valence-corrected chi connectivity index (χ1v) is 10.0. The molecule has 150 valence electrons. The van der Waals surface area contributed by atoms with Gasteiger partial charge in [0, 0.05) is 26.7 Å². The van der Waals surface area contributed by atoms with Crippen LogP contribution in [0, 0.1) is 5.92 Å². The van der Waals surface area contributed by atoms with Crippen LogP contribution in [0.2, 0.25) is 0 Å². The van der Waals surface area contributed by atoms with Gasteiger partial charge in [-0.3, -0.25) is 4.79 Å². The Hall–Kier alpha value is -3.22. The van der Waals surface area contributed by atoms with Crippen LogP contribution in [-0.4, -0.2) is 35.3 Å². The molecule has 2 aliphatic heterocycles. The van der Waals surface area contributed by atoms with Crippen molar-refractivity contribution in [3.8, 4) is 11.5 Å². The zero-order valence-corrected chi connectivity index (χ0v) is 16.4. The van der Waals surface area contributed by atoms with Gasteiger partial charge in [0.2, 0.25) is 18.6 Å². The molecule has 7 nitrogen and oxygen atoms in total. The van der Waals surface area contributed by atoms with Crippen molar-refractivity contribution >= 4 is 22.9 Å². The highest BCUT2D eigenvalue weighted by atomic mass is 16.7. The highest BCUT2D eigenvalue weighted by molar-refractivity contribution is 5.81. The van der Waals surface area contributed by atoms with Crippen LogP contribution in [0.4, 0.5) is 5.95 Å². The van der Waals surface area contributed by atoms with Crippen molar-refractivity contribution in [1.82, 2.24) is 14.9 Å². The second-order valence-corrected chi connectivity index (χ2v) is 7.65. The van der Waals surface area contributed by atoms with E-state index in [-0.39, 0.29) is 18.6 Å². The predicted molar refractivity (Wildman–Crippen MR) is 110 cm³/mol.